The number of anilines is 2. The summed E-state index contributed by atoms with van der Waals surface area (Å²) in [5.41, 5.74) is 7.25. The molecule has 7 heteroatoms. The first-order chi connectivity index (χ1) is 9.11. The van der Waals surface area contributed by atoms with E-state index in [9.17, 15) is 4.39 Å². The zero-order valence-electron chi connectivity index (χ0n) is 10.9. The van der Waals surface area contributed by atoms with Crippen LogP contribution in [0.3, 0.4) is 0 Å². The van der Waals surface area contributed by atoms with Crippen LogP contribution in [0.1, 0.15) is 5.56 Å². The molecule has 2 aromatic rings. The van der Waals surface area contributed by atoms with Crippen LogP contribution < -0.4 is 11.1 Å². The molecule has 0 radical (unpaired) electrons. The highest BCUT2D eigenvalue weighted by Crippen LogP contribution is 2.18. The molecule has 0 aliphatic carbocycles. The summed E-state index contributed by atoms with van der Waals surface area (Å²) in [6.07, 6.45) is 0. The number of methoxy groups -OCH3 is 1. The molecule has 0 saturated carbocycles. The molecule has 0 unspecified atom stereocenters. The van der Waals surface area contributed by atoms with Crippen LogP contribution in [0.15, 0.2) is 18.2 Å². The van der Waals surface area contributed by atoms with E-state index in [0.29, 0.717) is 24.8 Å². The summed E-state index contributed by atoms with van der Waals surface area (Å²) in [6.45, 7) is 2.92. The maximum Gasteiger partial charge on any atom is 0.244 e. The van der Waals surface area contributed by atoms with Crippen molar-refractivity contribution in [3.63, 3.8) is 0 Å². The number of hydrogen-bond donors (Lipinski definition) is 2. The van der Waals surface area contributed by atoms with Gasteiger partial charge in [-0.3, -0.25) is 0 Å². The summed E-state index contributed by atoms with van der Waals surface area (Å²) < 4.78 is 19.5. The predicted octanol–water partition coefficient (Wildman–Crippen LogP) is 1.36. The van der Waals surface area contributed by atoms with Gasteiger partial charge in [-0.25, -0.2) is 4.39 Å². The Balaban J connectivity index is 2.24. The third-order valence-electron chi connectivity index (χ3n) is 2.61. The van der Waals surface area contributed by atoms with Gasteiger partial charge in [0.25, 0.3) is 0 Å². The molecule has 102 valence electrons. The number of benzene rings is 1. The maximum absolute atomic E-state index is 13.1. The molecule has 0 saturated heterocycles. The largest absolute Gasteiger partial charge is 0.383 e. The van der Waals surface area contributed by atoms with Crippen LogP contribution in [0, 0.1) is 12.7 Å². The van der Waals surface area contributed by atoms with E-state index in [0.717, 1.165) is 5.56 Å². The minimum atomic E-state index is -0.293. The fourth-order valence-corrected chi connectivity index (χ4v) is 1.70. The first-order valence-electron chi connectivity index (χ1n) is 5.83. The van der Waals surface area contributed by atoms with Crippen molar-refractivity contribution in [2.24, 2.45) is 0 Å². The van der Waals surface area contributed by atoms with Crippen LogP contribution in [-0.4, -0.2) is 35.0 Å². The lowest BCUT2D eigenvalue weighted by atomic mass is 10.2. The molecule has 0 aliphatic heterocycles. The molecule has 1 aromatic heterocycles. The number of nitrogen functional groups attached to an aromatic ring is 1. The van der Waals surface area contributed by atoms with Gasteiger partial charge in [0, 0.05) is 13.7 Å². The summed E-state index contributed by atoms with van der Waals surface area (Å²) in [6, 6.07) is 4.41. The third kappa shape index (κ3) is 3.00. The van der Waals surface area contributed by atoms with E-state index in [1.807, 2.05) is 0 Å². The average Bonchev–Trinajstić information content (AvgIpc) is 2.71. The van der Waals surface area contributed by atoms with E-state index >= 15 is 0 Å². The van der Waals surface area contributed by atoms with Crippen molar-refractivity contribution < 1.29 is 9.13 Å². The fourth-order valence-electron chi connectivity index (χ4n) is 1.70. The summed E-state index contributed by atoms with van der Waals surface area (Å²) in [7, 11) is 1.62. The zero-order chi connectivity index (χ0) is 13.8. The van der Waals surface area contributed by atoms with Gasteiger partial charge in [0.05, 0.1) is 12.3 Å². The predicted molar refractivity (Wildman–Crippen MR) is 70.8 cm³/mol. The molecule has 0 atom stereocenters. The van der Waals surface area contributed by atoms with E-state index in [2.05, 4.69) is 15.4 Å². The number of aryl methyl sites for hydroxylation is 1. The zero-order valence-corrected chi connectivity index (χ0v) is 10.9. The standard InChI is InChI=1S/C12H16FN5O/c1-8-7-9(13)3-4-10(8)18-11(14)16-12(17-18)15-5-6-19-2/h3-4,7H,5-6H2,1-2H3,(H3,14,15,16,17). The monoisotopic (exact) mass is 265 g/mol. The van der Waals surface area contributed by atoms with E-state index in [1.165, 1.54) is 16.8 Å². The van der Waals surface area contributed by atoms with Gasteiger partial charge in [-0.1, -0.05) is 0 Å². The number of nitrogens with two attached hydrogens (primary N) is 1. The Morgan fingerprint density at radius 3 is 2.95 bits per heavy atom. The summed E-state index contributed by atoms with van der Waals surface area (Å²) in [5.74, 6) is 0.367. The van der Waals surface area contributed by atoms with Gasteiger partial charge in [-0.2, -0.15) is 9.67 Å². The number of hydrogen-bond acceptors (Lipinski definition) is 5. The summed E-state index contributed by atoms with van der Waals surface area (Å²) in [5, 5.41) is 7.22. The summed E-state index contributed by atoms with van der Waals surface area (Å²) in [4.78, 5) is 4.09. The number of aromatic nitrogens is 3. The quantitative estimate of drug-likeness (QED) is 0.798. The lowest BCUT2D eigenvalue weighted by molar-refractivity contribution is 0.210. The lowest BCUT2D eigenvalue weighted by Gasteiger charge is -2.06. The molecule has 0 bridgehead atoms. The number of nitrogens with one attached hydrogen (secondary N) is 1. The van der Waals surface area contributed by atoms with Gasteiger partial charge < -0.3 is 15.8 Å². The van der Waals surface area contributed by atoms with E-state index in [1.54, 1.807) is 20.1 Å². The third-order valence-corrected chi connectivity index (χ3v) is 2.61. The van der Waals surface area contributed by atoms with Crippen molar-refractivity contribution in [1.82, 2.24) is 14.8 Å². The molecule has 0 fully saturated rings. The second-order valence-electron chi connectivity index (χ2n) is 4.06. The van der Waals surface area contributed by atoms with Crippen LogP contribution >= 0.6 is 0 Å². The maximum atomic E-state index is 13.1. The Hall–Kier alpha value is -2.15. The minimum Gasteiger partial charge on any atom is -0.383 e. The highest BCUT2D eigenvalue weighted by molar-refractivity contribution is 5.46. The van der Waals surface area contributed by atoms with E-state index < -0.39 is 0 Å². The van der Waals surface area contributed by atoms with Gasteiger partial charge in [-0.05, 0) is 30.7 Å². The highest BCUT2D eigenvalue weighted by Gasteiger charge is 2.10. The van der Waals surface area contributed by atoms with Gasteiger partial charge in [0.1, 0.15) is 5.82 Å². The highest BCUT2D eigenvalue weighted by atomic mass is 19.1. The molecule has 3 N–H and O–H groups in total. The molecule has 2 rings (SSSR count). The lowest BCUT2D eigenvalue weighted by Crippen LogP contribution is -2.09. The van der Waals surface area contributed by atoms with Crippen LogP contribution in [-0.2, 0) is 4.74 Å². The van der Waals surface area contributed by atoms with Crippen molar-refractivity contribution in [3.05, 3.63) is 29.6 Å². The number of ether oxygens (including phenoxy) is 1. The van der Waals surface area contributed by atoms with Crippen molar-refractivity contribution in [2.45, 2.75) is 6.92 Å². The van der Waals surface area contributed by atoms with Crippen LogP contribution in [0.25, 0.3) is 5.69 Å². The van der Waals surface area contributed by atoms with Gasteiger partial charge >= 0.3 is 0 Å². The minimum absolute atomic E-state index is 0.245. The van der Waals surface area contributed by atoms with Gasteiger partial charge in [0.15, 0.2) is 0 Å². The second kappa shape index (κ2) is 5.66. The average molecular weight is 265 g/mol. The second-order valence-corrected chi connectivity index (χ2v) is 4.06. The van der Waals surface area contributed by atoms with Gasteiger partial charge in [-0.15, -0.1) is 5.10 Å². The first-order valence-corrected chi connectivity index (χ1v) is 5.83. The fraction of sp³-hybridized carbons (Fsp3) is 0.333. The Morgan fingerprint density at radius 2 is 2.26 bits per heavy atom. The topological polar surface area (TPSA) is 78.0 Å². The van der Waals surface area contributed by atoms with E-state index in [4.69, 9.17) is 10.5 Å². The number of halogens is 1. The first kappa shape index (κ1) is 13.3. The molecular formula is C12H16FN5O. The Labute approximate surface area is 110 Å². The molecule has 1 aromatic carbocycles. The summed E-state index contributed by atoms with van der Waals surface area (Å²) >= 11 is 0. The smallest absolute Gasteiger partial charge is 0.244 e. The SMILES string of the molecule is COCCNc1nc(N)n(-c2ccc(F)cc2C)n1. The van der Waals surface area contributed by atoms with Crippen LogP contribution in [0.4, 0.5) is 16.3 Å². The Kier molecular flexibility index (Phi) is 3.96. The Bertz CT molecular complexity index is 569. The molecule has 0 spiro atoms. The van der Waals surface area contributed by atoms with Crippen molar-refractivity contribution in [1.29, 1.82) is 0 Å². The molecule has 1 heterocycles. The van der Waals surface area contributed by atoms with Crippen LogP contribution in [0.2, 0.25) is 0 Å². The molecule has 0 amide bonds. The molecule has 19 heavy (non-hydrogen) atoms. The van der Waals surface area contributed by atoms with Crippen molar-refractivity contribution >= 4 is 11.9 Å². The van der Waals surface area contributed by atoms with Crippen molar-refractivity contribution in [3.8, 4) is 5.69 Å². The Morgan fingerprint density at radius 1 is 1.47 bits per heavy atom. The molecular weight excluding hydrogens is 249 g/mol. The number of nitrogens with zero attached hydrogens (tertiary/aromatic N) is 3. The van der Waals surface area contributed by atoms with Gasteiger partial charge in [0.2, 0.25) is 11.9 Å². The van der Waals surface area contributed by atoms with Crippen molar-refractivity contribution in [2.75, 3.05) is 31.3 Å². The van der Waals surface area contributed by atoms with Crippen LogP contribution in [0.5, 0.6) is 0 Å². The van der Waals surface area contributed by atoms with E-state index in [-0.39, 0.29) is 11.8 Å². The number of rotatable bonds is 5. The normalized spacial score (nSPS) is 10.7. The molecule has 0 aliphatic rings. The molecule has 6 nitrogen and oxygen atoms in total.